The van der Waals surface area contributed by atoms with Crippen molar-refractivity contribution in [1.82, 2.24) is 5.32 Å². The van der Waals surface area contributed by atoms with Crippen molar-refractivity contribution >= 4 is 17.8 Å². The van der Waals surface area contributed by atoms with Gasteiger partial charge in [-0.15, -0.1) is 0 Å². The third-order valence-corrected chi connectivity index (χ3v) is 1.63. The zero-order chi connectivity index (χ0) is 14.3. The molecule has 2 N–H and O–H groups in total. The lowest BCUT2D eigenvalue weighted by Crippen LogP contribution is -2.42. The maximum Gasteiger partial charge on any atom is 0.326 e. The van der Waals surface area contributed by atoms with Crippen molar-refractivity contribution in [3.63, 3.8) is 0 Å². The summed E-state index contributed by atoms with van der Waals surface area (Å²) in [5.74, 6) is 1.72. The van der Waals surface area contributed by atoms with Crippen molar-refractivity contribution in [3.05, 3.63) is 0 Å². The molecule has 0 rings (SSSR count). The number of esters is 1. The van der Waals surface area contributed by atoms with Gasteiger partial charge in [0.1, 0.15) is 11.6 Å². The molecular formula is C12H17NO5. The van der Waals surface area contributed by atoms with E-state index in [-0.39, 0.29) is 0 Å². The van der Waals surface area contributed by atoms with Crippen LogP contribution in [0, 0.1) is 11.8 Å². The van der Waals surface area contributed by atoms with Crippen LogP contribution in [-0.2, 0) is 19.1 Å². The Morgan fingerprint density at radius 3 is 2.28 bits per heavy atom. The highest BCUT2D eigenvalue weighted by Gasteiger charge is 2.26. The number of carboxylic acids is 1. The highest BCUT2D eigenvalue weighted by molar-refractivity contribution is 5.96. The molecule has 0 aliphatic carbocycles. The largest absolute Gasteiger partial charge is 0.480 e. The second-order valence-electron chi connectivity index (χ2n) is 4.53. The van der Waals surface area contributed by atoms with Gasteiger partial charge in [-0.2, -0.15) is 0 Å². The fraction of sp³-hybridized carbons (Fsp3) is 0.583. The minimum atomic E-state index is -1.34. The molecule has 18 heavy (non-hydrogen) atoms. The van der Waals surface area contributed by atoms with E-state index < -0.39 is 35.9 Å². The fourth-order valence-electron chi connectivity index (χ4n) is 1.06. The third-order valence-electron chi connectivity index (χ3n) is 1.63. The molecule has 0 saturated carbocycles. The van der Waals surface area contributed by atoms with Gasteiger partial charge in [0.15, 0.2) is 0 Å². The molecule has 0 aromatic carbocycles. The Morgan fingerprint density at radius 1 is 1.33 bits per heavy atom. The van der Waals surface area contributed by atoms with Gasteiger partial charge in [0.25, 0.3) is 5.91 Å². The molecule has 0 saturated heterocycles. The molecular weight excluding hydrogens is 238 g/mol. The van der Waals surface area contributed by atoms with E-state index in [0.717, 1.165) is 0 Å². The average Bonchev–Trinajstić information content (AvgIpc) is 2.13. The smallest absolute Gasteiger partial charge is 0.326 e. The molecule has 6 heteroatoms. The maximum absolute atomic E-state index is 11.4. The van der Waals surface area contributed by atoms with E-state index >= 15 is 0 Å². The molecule has 0 aliphatic rings. The lowest BCUT2D eigenvalue weighted by Gasteiger charge is -2.21. The number of nitrogens with one attached hydrogen (secondary N) is 1. The summed E-state index contributed by atoms with van der Waals surface area (Å²) in [4.78, 5) is 33.4. The summed E-state index contributed by atoms with van der Waals surface area (Å²) in [6, 6.07) is -1.34. The Hall–Kier alpha value is -2.03. The monoisotopic (exact) mass is 255 g/mol. The van der Waals surface area contributed by atoms with Crippen LogP contribution in [0.25, 0.3) is 0 Å². The Bertz CT molecular complexity index is 397. The van der Waals surface area contributed by atoms with Crippen LogP contribution >= 0.6 is 0 Å². The lowest BCUT2D eigenvalue weighted by molar-refractivity contribution is -0.158. The van der Waals surface area contributed by atoms with Crippen LogP contribution in [0.4, 0.5) is 0 Å². The highest BCUT2D eigenvalue weighted by Crippen LogP contribution is 2.09. The second kappa shape index (κ2) is 6.64. The number of aliphatic carboxylic acids is 1. The maximum atomic E-state index is 11.4. The molecule has 100 valence electrons. The van der Waals surface area contributed by atoms with Crippen LogP contribution in [-0.4, -0.2) is 34.6 Å². The van der Waals surface area contributed by atoms with Crippen molar-refractivity contribution in [2.24, 2.45) is 0 Å². The third kappa shape index (κ3) is 7.28. The molecule has 0 heterocycles. The van der Waals surface area contributed by atoms with Crippen LogP contribution in [0.3, 0.4) is 0 Å². The molecule has 1 amide bonds. The van der Waals surface area contributed by atoms with Crippen LogP contribution in [0.5, 0.6) is 0 Å². The number of hydrogen-bond donors (Lipinski definition) is 2. The zero-order valence-electron chi connectivity index (χ0n) is 10.9. The number of carbonyl (C=O) groups is 3. The van der Waals surface area contributed by atoms with Gasteiger partial charge in [0, 0.05) is 0 Å². The number of hydrogen-bond acceptors (Lipinski definition) is 4. The van der Waals surface area contributed by atoms with Crippen LogP contribution in [0.1, 0.15) is 34.1 Å². The number of amides is 1. The molecule has 0 aromatic heterocycles. The summed E-state index contributed by atoms with van der Waals surface area (Å²) in [5.41, 5.74) is -0.701. The summed E-state index contributed by atoms with van der Waals surface area (Å²) >= 11 is 0. The van der Waals surface area contributed by atoms with E-state index in [4.69, 9.17) is 9.84 Å². The molecule has 0 aromatic rings. The lowest BCUT2D eigenvalue weighted by atomic mass is 10.1. The first-order valence-electron chi connectivity index (χ1n) is 5.33. The Kier molecular flexibility index (Phi) is 5.89. The predicted molar refractivity (Wildman–Crippen MR) is 63.5 cm³/mol. The molecule has 0 bridgehead atoms. The van der Waals surface area contributed by atoms with E-state index in [1.807, 2.05) is 0 Å². The van der Waals surface area contributed by atoms with E-state index in [1.54, 1.807) is 20.8 Å². The molecule has 0 spiro atoms. The quantitative estimate of drug-likeness (QED) is 0.557. The first kappa shape index (κ1) is 16.0. The van der Waals surface area contributed by atoms with E-state index in [9.17, 15) is 14.4 Å². The molecule has 6 nitrogen and oxygen atoms in total. The van der Waals surface area contributed by atoms with Crippen molar-refractivity contribution in [3.8, 4) is 11.8 Å². The van der Waals surface area contributed by atoms with Gasteiger partial charge in [-0.25, -0.2) is 4.79 Å². The number of ether oxygens (including phenoxy) is 1. The summed E-state index contributed by atoms with van der Waals surface area (Å²) < 4.78 is 4.97. The standard InChI is InChI=1S/C12H17NO5/c1-5-6-9(14)13-8(11(16)17)7-10(15)18-12(2,3)4/h8H,7H2,1-4H3,(H,13,14)(H,16,17)/t8-/m0/s1. The summed E-state index contributed by atoms with van der Waals surface area (Å²) in [5, 5.41) is 11.0. The number of carbonyl (C=O) groups excluding carboxylic acids is 2. The fourth-order valence-corrected chi connectivity index (χ4v) is 1.06. The van der Waals surface area contributed by atoms with Gasteiger partial charge in [-0.05, 0) is 33.6 Å². The van der Waals surface area contributed by atoms with Crippen molar-refractivity contribution in [1.29, 1.82) is 0 Å². The average molecular weight is 255 g/mol. The molecule has 0 fully saturated rings. The minimum Gasteiger partial charge on any atom is -0.480 e. The van der Waals surface area contributed by atoms with E-state index in [0.29, 0.717) is 0 Å². The molecule has 0 aliphatic heterocycles. The van der Waals surface area contributed by atoms with Crippen molar-refractivity contribution in [2.45, 2.75) is 45.8 Å². The van der Waals surface area contributed by atoms with Crippen LogP contribution in [0.2, 0.25) is 0 Å². The number of rotatable bonds is 4. The highest BCUT2D eigenvalue weighted by atomic mass is 16.6. The Balaban J connectivity index is 4.54. The van der Waals surface area contributed by atoms with Gasteiger partial charge in [-0.3, -0.25) is 9.59 Å². The SMILES string of the molecule is CC#CC(=O)N[C@@H](CC(=O)OC(C)(C)C)C(=O)O. The van der Waals surface area contributed by atoms with Gasteiger partial charge in [0.2, 0.25) is 0 Å². The van der Waals surface area contributed by atoms with E-state index in [2.05, 4.69) is 17.2 Å². The normalized spacial score (nSPS) is 11.8. The van der Waals surface area contributed by atoms with Gasteiger partial charge < -0.3 is 15.2 Å². The number of carboxylic acid groups (broad SMARTS) is 1. The summed E-state index contributed by atoms with van der Waals surface area (Å²) in [6.07, 6.45) is -0.441. The Morgan fingerprint density at radius 2 is 1.89 bits per heavy atom. The van der Waals surface area contributed by atoms with Crippen LogP contribution in [0.15, 0.2) is 0 Å². The minimum absolute atomic E-state index is 0.441. The molecule has 0 radical (unpaired) electrons. The van der Waals surface area contributed by atoms with Crippen molar-refractivity contribution < 1.29 is 24.2 Å². The van der Waals surface area contributed by atoms with Gasteiger partial charge in [-0.1, -0.05) is 5.92 Å². The van der Waals surface area contributed by atoms with Crippen molar-refractivity contribution in [2.75, 3.05) is 0 Å². The van der Waals surface area contributed by atoms with Crippen LogP contribution < -0.4 is 5.32 Å². The summed E-state index contributed by atoms with van der Waals surface area (Å²) in [6.45, 7) is 6.45. The Labute approximate surface area is 106 Å². The molecule has 1 atom stereocenters. The van der Waals surface area contributed by atoms with Gasteiger partial charge in [0.05, 0.1) is 6.42 Å². The zero-order valence-corrected chi connectivity index (χ0v) is 10.9. The first-order valence-corrected chi connectivity index (χ1v) is 5.33. The second-order valence-corrected chi connectivity index (χ2v) is 4.53. The molecule has 0 unspecified atom stereocenters. The van der Waals surface area contributed by atoms with Gasteiger partial charge >= 0.3 is 11.9 Å². The first-order chi connectivity index (χ1) is 8.15. The van der Waals surface area contributed by atoms with E-state index in [1.165, 1.54) is 6.92 Å². The topological polar surface area (TPSA) is 92.7 Å². The summed E-state index contributed by atoms with van der Waals surface area (Å²) in [7, 11) is 0. The predicted octanol–water partition coefficient (Wildman–Crippen LogP) is 0.311.